The van der Waals surface area contributed by atoms with Crippen LogP contribution in [-0.4, -0.2) is 0 Å². The van der Waals surface area contributed by atoms with Crippen molar-refractivity contribution in [2.45, 2.75) is 26.2 Å². The maximum atomic E-state index is 2.32. The lowest BCUT2D eigenvalue weighted by molar-refractivity contribution is 0.734. The van der Waals surface area contributed by atoms with Crippen molar-refractivity contribution in [1.29, 1.82) is 0 Å². The van der Waals surface area contributed by atoms with E-state index < -0.39 is 0 Å². The summed E-state index contributed by atoms with van der Waals surface area (Å²) in [7, 11) is 0. The lowest BCUT2D eigenvalue weighted by atomic mass is 9.91. The van der Waals surface area contributed by atoms with Crippen LogP contribution in [0.15, 0.2) is 127 Å². The molecule has 0 heteroatoms. The summed E-state index contributed by atoms with van der Waals surface area (Å²) in [5, 5.41) is 0. The molecule has 5 aromatic rings. The van der Waals surface area contributed by atoms with E-state index in [1.54, 1.807) is 0 Å². The summed E-state index contributed by atoms with van der Waals surface area (Å²) in [5.41, 5.74) is 11.3. The average Bonchev–Trinajstić information content (AvgIpc) is 2.93. The van der Waals surface area contributed by atoms with Crippen LogP contribution >= 0.6 is 0 Å². The van der Waals surface area contributed by atoms with Crippen LogP contribution in [0.25, 0.3) is 44.5 Å². The molecule has 0 fully saturated rings. The van der Waals surface area contributed by atoms with Crippen molar-refractivity contribution in [2.24, 2.45) is 0 Å². The lowest BCUT2D eigenvalue weighted by Crippen LogP contribution is -1.91. The molecule has 0 bridgehead atoms. The van der Waals surface area contributed by atoms with Crippen molar-refractivity contribution in [3.63, 3.8) is 0 Å². The van der Waals surface area contributed by atoms with E-state index >= 15 is 0 Å². The van der Waals surface area contributed by atoms with Crippen LogP contribution in [0.4, 0.5) is 0 Å². The molecule has 0 heterocycles. The molecule has 0 radical (unpaired) electrons. The molecule has 0 spiro atoms. The van der Waals surface area contributed by atoms with Gasteiger partial charge in [0.2, 0.25) is 0 Å². The van der Waals surface area contributed by atoms with E-state index in [4.69, 9.17) is 0 Å². The zero-order valence-corrected chi connectivity index (χ0v) is 19.9. The van der Waals surface area contributed by atoms with Gasteiger partial charge >= 0.3 is 0 Å². The fourth-order valence-corrected chi connectivity index (χ4v) is 4.51. The number of rotatable bonds is 6. The molecule has 0 amide bonds. The summed E-state index contributed by atoms with van der Waals surface area (Å²) >= 11 is 0. The Labute approximate surface area is 203 Å². The monoisotopic (exact) mass is 438 g/mol. The predicted molar refractivity (Wildman–Crippen MR) is 147 cm³/mol. The van der Waals surface area contributed by atoms with Gasteiger partial charge in [-0.2, -0.15) is 0 Å². The maximum Gasteiger partial charge on any atom is -0.0171 e. The van der Waals surface area contributed by atoms with Gasteiger partial charge in [-0.25, -0.2) is 0 Å². The van der Waals surface area contributed by atoms with E-state index in [9.17, 15) is 0 Å². The van der Waals surface area contributed by atoms with Gasteiger partial charge in [-0.15, -0.1) is 0 Å². The Morgan fingerprint density at radius 1 is 0.412 bits per heavy atom. The normalized spacial score (nSPS) is 11.8. The highest BCUT2D eigenvalue weighted by molar-refractivity contribution is 5.82. The molecule has 0 N–H and O–H groups in total. The van der Waals surface area contributed by atoms with Crippen molar-refractivity contribution >= 4 is 0 Å². The van der Waals surface area contributed by atoms with Gasteiger partial charge in [0, 0.05) is 0 Å². The third-order valence-corrected chi connectivity index (χ3v) is 6.77. The van der Waals surface area contributed by atoms with Gasteiger partial charge in [-0.3, -0.25) is 0 Å². The van der Waals surface area contributed by atoms with Crippen LogP contribution in [-0.2, 0) is 0 Å². The zero-order valence-electron chi connectivity index (χ0n) is 19.9. The predicted octanol–water partition coefficient (Wildman–Crippen LogP) is 9.87. The topological polar surface area (TPSA) is 0 Å². The first-order chi connectivity index (χ1) is 16.7. The first kappa shape index (κ1) is 21.9. The fraction of sp³-hybridized carbons (Fsp3) is 0.118. The van der Waals surface area contributed by atoms with Crippen molar-refractivity contribution in [3.8, 4) is 44.5 Å². The molecular weight excluding hydrogens is 408 g/mol. The molecule has 0 saturated carbocycles. The smallest absolute Gasteiger partial charge is 0.0171 e. The Kier molecular flexibility index (Phi) is 6.40. The Hall–Kier alpha value is -3.90. The summed E-state index contributed by atoms with van der Waals surface area (Å²) in [6, 6.07) is 46.2. The Balaban J connectivity index is 1.58. The van der Waals surface area contributed by atoms with Crippen molar-refractivity contribution in [3.05, 3.63) is 133 Å². The number of hydrogen-bond donors (Lipinski definition) is 0. The SMILES string of the molecule is CCC(C)c1ccc(-c2cccc(-c3cc(-c4ccccc4)cc(-c4ccccc4)c3)c2)cc1. The molecule has 0 aromatic heterocycles. The highest BCUT2D eigenvalue weighted by atomic mass is 14.1. The van der Waals surface area contributed by atoms with Crippen LogP contribution < -0.4 is 0 Å². The summed E-state index contributed by atoms with van der Waals surface area (Å²) in [4.78, 5) is 0. The first-order valence-electron chi connectivity index (χ1n) is 12.2. The summed E-state index contributed by atoms with van der Waals surface area (Å²) in [6.07, 6.45) is 1.16. The summed E-state index contributed by atoms with van der Waals surface area (Å²) in [6.45, 7) is 4.54. The molecule has 0 saturated heterocycles. The lowest BCUT2D eigenvalue weighted by Gasteiger charge is -2.13. The second-order valence-electron chi connectivity index (χ2n) is 9.04. The van der Waals surface area contributed by atoms with Gasteiger partial charge in [0.1, 0.15) is 0 Å². The van der Waals surface area contributed by atoms with Gasteiger partial charge in [-0.05, 0) is 86.7 Å². The summed E-state index contributed by atoms with van der Waals surface area (Å²) < 4.78 is 0. The van der Waals surface area contributed by atoms with Gasteiger partial charge in [0.15, 0.2) is 0 Å². The fourth-order valence-electron chi connectivity index (χ4n) is 4.51. The molecule has 0 aliphatic rings. The molecule has 34 heavy (non-hydrogen) atoms. The van der Waals surface area contributed by atoms with Gasteiger partial charge in [0.25, 0.3) is 0 Å². The minimum atomic E-state index is 0.595. The maximum absolute atomic E-state index is 2.32. The second-order valence-corrected chi connectivity index (χ2v) is 9.04. The first-order valence-corrected chi connectivity index (χ1v) is 12.2. The highest BCUT2D eigenvalue weighted by Gasteiger charge is 2.09. The Morgan fingerprint density at radius 2 is 0.794 bits per heavy atom. The third-order valence-electron chi connectivity index (χ3n) is 6.77. The quantitative estimate of drug-likeness (QED) is 0.247. The van der Waals surface area contributed by atoms with E-state index in [1.165, 1.54) is 50.1 Å². The van der Waals surface area contributed by atoms with E-state index in [2.05, 4.69) is 141 Å². The van der Waals surface area contributed by atoms with Crippen molar-refractivity contribution in [2.75, 3.05) is 0 Å². The largest absolute Gasteiger partial charge is 0.0648 e. The molecule has 5 rings (SSSR count). The minimum Gasteiger partial charge on any atom is -0.0648 e. The molecule has 5 aromatic carbocycles. The van der Waals surface area contributed by atoms with E-state index in [0.717, 1.165) is 6.42 Å². The van der Waals surface area contributed by atoms with E-state index in [0.29, 0.717) is 5.92 Å². The van der Waals surface area contributed by atoms with Gasteiger partial charge < -0.3 is 0 Å². The Morgan fingerprint density at radius 3 is 1.29 bits per heavy atom. The number of benzene rings is 5. The summed E-state index contributed by atoms with van der Waals surface area (Å²) in [5.74, 6) is 0.595. The van der Waals surface area contributed by atoms with Gasteiger partial charge in [-0.1, -0.05) is 117 Å². The molecule has 1 atom stereocenters. The van der Waals surface area contributed by atoms with E-state index in [-0.39, 0.29) is 0 Å². The van der Waals surface area contributed by atoms with Crippen LogP contribution in [0.2, 0.25) is 0 Å². The number of hydrogen-bond acceptors (Lipinski definition) is 0. The van der Waals surface area contributed by atoms with Crippen LogP contribution in [0.3, 0.4) is 0 Å². The minimum absolute atomic E-state index is 0.595. The zero-order chi connectivity index (χ0) is 23.3. The van der Waals surface area contributed by atoms with Gasteiger partial charge in [0.05, 0.1) is 0 Å². The standard InChI is InChI=1S/C34H30/c1-3-25(2)26-17-19-29(20-18-26)30-15-10-16-31(21-30)34-23-32(27-11-6-4-7-12-27)22-33(24-34)28-13-8-5-9-14-28/h4-25H,3H2,1-2H3. The van der Waals surface area contributed by atoms with Crippen LogP contribution in [0, 0.1) is 0 Å². The van der Waals surface area contributed by atoms with Crippen LogP contribution in [0.5, 0.6) is 0 Å². The molecule has 0 nitrogen and oxygen atoms in total. The van der Waals surface area contributed by atoms with Crippen molar-refractivity contribution in [1.82, 2.24) is 0 Å². The molecule has 1 unspecified atom stereocenters. The molecule has 166 valence electrons. The average molecular weight is 439 g/mol. The third kappa shape index (κ3) is 4.72. The van der Waals surface area contributed by atoms with E-state index in [1.807, 2.05) is 0 Å². The molecule has 0 aliphatic carbocycles. The van der Waals surface area contributed by atoms with Crippen LogP contribution in [0.1, 0.15) is 31.7 Å². The molecule has 0 aliphatic heterocycles. The molecular formula is C34H30. The van der Waals surface area contributed by atoms with Crippen molar-refractivity contribution < 1.29 is 0 Å². The highest BCUT2D eigenvalue weighted by Crippen LogP contribution is 2.34. The Bertz CT molecular complexity index is 1310. The second kappa shape index (κ2) is 9.93.